The molecule has 52 heavy (non-hydrogen) atoms. The Labute approximate surface area is 306 Å². The topological polar surface area (TPSA) is 90.4 Å². The number of pyridine rings is 1. The summed E-state index contributed by atoms with van der Waals surface area (Å²) in [4.78, 5) is 20.6. The van der Waals surface area contributed by atoms with Crippen molar-refractivity contribution in [3.05, 3.63) is 101 Å². The van der Waals surface area contributed by atoms with Crippen LogP contribution in [0, 0.1) is 18.7 Å². The van der Waals surface area contributed by atoms with Gasteiger partial charge in [0.1, 0.15) is 17.3 Å². The molecule has 1 fully saturated rings. The maximum atomic E-state index is 13.4. The Morgan fingerprint density at radius 3 is 2.40 bits per heavy atom. The molecular formula is C43H51FN2O6. The minimum absolute atomic E-state index is 0.258. The number of halogens is 1. The van der Waals surface area contributed by atoms with E-state index in [2.05, 4.69) is 18.0 Å². The lowest BCUT2D eigenvalue weighted by atomic mass is 9.85. The molecule has 0 spiro atoms. The molecule has 2 aliphatic heterocycles. The molecule has 1 aromatic heterocycles. The van der Waals surface area contributed by atoms with Crippen molar-refractivity contribution in [2.75, 3.05) is 40.0 Å². The monoisotopic (exact) mass is 710 g/mol. The van der Waals surface area contributed by atoms with Gasteiger partial charge in [-0.1, -0.05) is 30.3 Å². The van der Waals surface area contributed by atoms with Crippen LogP contribution in [-0.4, -0.2) is 66.6 Å². The quantitative estimate of drug-likeness (QED) is 0.148. The molecule has 2 aliphatic rings. The van der Waals surface area contributed by atoms with E-state index in [9.17, 15) is 14.3 Å². The molecular weight excluding hydrogens is 659 g/mol. The molecule has 3 heterocycles. The normalized spacial score (nSPS) is 15.6. The molecule has 1 saturated heterocycles. The molecule has 1 atom stereocenters. The zero-order valence-electron chi connectivity index (χ0n) is 31.0. The lowest BCUT2D eigenvalue weighted by molar-refractivity contribution is -0.160. The van der Waals surface area contributed by atoms with Crippen LogP contribution >= 0.6 is 0 Å². The van der Waals surface area contributed by atoms with Crippen LogP contribution in [0.1, 0.15) is 74.2 Å². The number of carbonyl (C=O) groups is 1. The van der Waals surface area contributed by atoms with Crippen molar-refractivity contribution in [3.63, 3.8) is 0 Å². The number of ether oxygens (including phenoxy) is 4. The molecule has 0 bridgehead atoms. The number of aryl methyl sites for hydroxylation is 2. The summed E-state index contributed by atoms with van der Waals surface area (Å²) in [5.74, 6) is 0.776. The van der Waals surface area contributed by atoms with Crippen LogP contribution in [0.2, 0.25) is 0 Å². The predicted molar refractivity (Wildman–Crippen MR) is 200 cm³/mol. The lowest BCUT2D eigenvalue weighted by Crippen LogP contribution is -2.31. The van der Waals surface area contributed by atoms with Gasteiger partial charge in [-0.05, 0) is 131 Å². The standard InChI is InChI=1S/C43H51FN2O6/c1-28-38(41(42(47)48)52-43(2,3)4)40(33-12-17-37-32(25-33)7-6-21-51-37)39(36(45-28)27-46(5)26-30-18-22-49-23-19-30)31-10-15-35(16-11-31)50-24-20-29-8-13-34(44)14-9-29/h8-17,25,30,41H,6-7,18-24,26-27H2,1-5H3,(H,47,48). The molecule has 4 aromatic rings. The van der Waals surface area contributed by atoms with E-state index >= 15 is 0 Å². The van der Waals surface area contributed by atoms with Crippen molar-refractivity contribution in [3.8, 4) is 33.8 Å². The Hall–Kier alpha value is -4.31. The third kappa shape index (κ3) is 9.37. The third-order valence-electron chi connectivity index (χ3n) is 9.70. The minimum Gasteiger partial charge on any atom is -0.493 e. The van der Waals surface area contributed by atoms with Gasteiger partial charge in [-0.15, -0.1) is 0 Å². The van der Waals surface area contributed by atoms with Gasteiger partial charge in [0.15, 0.2) is 6.10 Å². The van der Waals surface area contributed by atoms with Crippen LogP contribution in [0.4, 0.5) is 4.39 Å². The molecule has 276 valence electrons. The molecule has 0 saturated carbocycles. The van der Waals surface area contributed by atoms with E-state index in [4.69, 9.17) is 23.9 Å². The number of hydrogen-bond acceptors (Lipinski definition) is 7. The zero-order valence-corrected chi connectivity index (χ0v) is 31.0. The van der Waals surface area contributed by atoms with Gasteiger partial charge < -0.3 is 29.0 Å². The van der Waals surface area contributed by atoms with Crippen molar-refractivity contribution in [2.45, 2.75) is 78.0 Å². The molecule has 0 aliphatic carbocycles. The lowest BCUT2D eigenvalue weighted by Gasteiger charge is -2.31. The third-order valence-corrected chi connectivity index (χ3v) is 9.70. The van der Waals surface area contributed by atoms with Gasteiger partial charge in [0.2, 0.25) is 0 Å². The molecule has 3 aromatic carbocycles. The van der Waals surface area contributed by atoms with Gasteiger partial charge in [-0.3, -0.25) is 4.98 Å². The van der Waals surface area contributed by atoms with Crippen LogP contribution in [-0.2, 0) is 33.7 Å². The van der Waals surface area contributed by atoms with Crippen LogP contribution in [0.3, 0.4) is 0 Å². The summed E-state index contributed by atoms with van der Waals surface area (Å²) in [6, 6.07) is 20.6. The van der Waals surface area contributed by atoms with Gasteiger partial charge in [-0.2, -0.15) is 0 Å². The first kappa shape index (κ1) is 37.4. The summed E-state index contributed by atoms with van der Waals surface area (Å²) in [5, 5.41) is 10.7. The highest BCUT2D eigenvalue weighted by molar-refractivity contribution is 5.91. The average molecular weight is 711 g/mol. The van der Waals surface area contributed by atoms with E-state index in [1.165, 1.54) is 12.1 Å². The van der Waals surface area contributed by atoms with Crippen molar-refractivity contribution in [1.29, 1.82) is 0 Å². The molecule has 0 amide bonds. The highest BCUT2D eigenvalue weighted by Crippen LogP contribution is 2.45. The van der Waals surface area contributed by atoms with Crippen LogP contribution in [0.15, 0.2) is 66.7 Å². The van der Waals surface area contributed by atoms with E-state index in [1.807, 2.05) is 64.1 Å². The van der Waals surface area contributed by atoms with Gasteiger partial charge >= 0.3 is 5.97 Å². The number of hydrogen-bond donors (Lipinski definition) is 1. The second kappa shape index (κ2) is 16.6. The van der Waals surface area contributed by atoms with Gasteiger partial charge in [-0.25, -0.2) is 9.18 Å². The number of aromatic nitrogens is 1. The summed E-state index contributed by atoms with van der Waals surface area (Å²) >= 11 is 0. The second-order valence-corrected chi connectivity index (χ2v) is 15.0. The van der Waals surface area contributed by atoms with Crippen LogP contribution in [0.5, 0.6) is 11.5 Å². The van der Waals surface area contributed by atoms with Gasteiger partial charge in [0.05, 0.1) is 24.5 Å². The van der Waals surface area contributed by atoms with E-state index in [1.54, 1.807) is 12.1 Å². The molecule has 6 rings (SSSR count). The first-order valence-corrected chi connectivity index (χ1v) is 18.4. The largest absolute Gasteiger partial charge is 0.493 e. The summed E-state index contributed by atoms with van der Waals surface area (Å²) in [7, 11) is 2.13. The minimum atomic E-state index is -1.25. The maximum absolute atomic E-state index is 13.4. The van der Waals surface area contributed by atoms with Gasteiger partial charge in [0, 0.05) is 49.5 Å². The Morgan fingerprint density at radius 2 is 1.71 bits per heavy atom. The first-order valence-electron chi connectivity index (χ1n) is 18.4. The van der Waals surface area contributed by atoms with Crippen LogP contribution < -0.4 is 9.47 Å². The SMILES string of the molecule is Cc1nc(CN(C)CC2CCOCC2)c(-c2ccc(OCCc3ccc(F)cc3)cc2)c(-c2ccc3c(c2)CCCO3)c1C(OC(C)(C)C)C(=O)O. The fraction of sp³-hybridized carbons (Fsp3) is 0.442. The molecule has 8 nitrogen and oxygen atoms in total. The van der Waals surface area contributed by atoms with E-state index < -0.39 is 17.7 Å². The predicted octanol–water partition coefficient (Wildman–Crippen LogP) is 8.61. The van der Waals surface area contributed by atoms with Crippen molar-refractivity contribution < 1.29 is 33.2 Å². The fourth-order valence-corrected chi connectivity index (χ4v) is 7.27. The number of rotatable bonds is 13. The highest BCUT2D eigenvalue weighted by atomic mass is 19.1. The summed E-state index contributed by atoms with van der Waals surface area (Å²) in [6.07, 6.45) is 3.24. The summed E-state index contributed by atoms with van der Waals surface area (Å²) < 4.78 is 37.4. The van der Waals surface area contributed by atoms with E-state index in [0.29, 0.717) is 49.1 Å². The van der Waals surface area contributed by atoms with E-state index in [0.717, 1.165) is 90.3 Å². The highest BCUT2D eigenvalue weighted by Gasteiger charge is 2.34. The number of benzene rings is 3. The van der Waals surface area contributed by atoms with Crippen molar-refractivity contribution in [2.24, 2.45) is 5.92 Å². The van der Waals surface area contributed by atoms with Crippen molar-refractivity contribution >= 4 is 5.97 Å². The van der Waals surface area contributed by atoms with E-state index in [-0.39, 0.29) is 5.82 Å². The molecule has 9 heteroatoms. The Morgan fingerprint density at radius 1 is 1.00 bits per heavy atom. The molecule has 1 N–H and O–H groups in total. The number of carboxylic acids is 1. The molecule has 0 radical (unpaired) electrons. The smallest absolute Gasteiger partial charge is 0.337 e. The van der Waals surface area contributed by atoms with Gasteiger partial charge in [0.25, 0.3) is 0 Å². The first-order chi connectivity index (χ1) is 24.9. The number of nitrogens with zero attached hydrogens (tertiary/aromatic N) is 2. The zero-order chi connectivity index (χ0) is 36.8. The fourth-order valence-electron chi connectivity index (χ4n) is 7.27. The number of fused-ring (bicyclic) bond motifs is 1. The number of carboxylic acid groups (broad SMARTS) is 1. The Kier molecular flexibility index (Phi) is 11.9. The average Bonchev–Trinajstić information content (AvgIpc) is 3.11. The number of aliphatic carboxylic acids is 1. The second-order valence-electron chi connectivity index (χ2n) is 15.0. The Bertz CT molecular complexity index is 1830. The van der Waals surface area contributed by atoms with Crippen LogP contribution in [0.25, 0.3) is 22.3 Å². The maximum Gasteiger partial charge on any atom is 0.337 e. The van der Waals surface area contributed by atoms with Crippen molar-refractivity contribution in [1.82, 2.24) is 9.88 Å². The summed E-state index contributed by atoms with van der Waals surface area (Å²) in [5.41, 5.74) is 6.88. The summed E-state index contributed by atoms with van der Waals surface area (Å²) in [6.45, 7) is 11.7. The molecule has 1 unspecified atom stereocenters. The Balaban J connectivity index is 1.46.